The van der Waals surface area contributed by atoms with Crippen LogP contribution in [-0.2, 0) is 17.6 Å². The second-order valence-corrected chi connectivity index (χ2v) is 6.89. The Kier molecular flexibility index (Phi) is 6.44. The van der Waals surface area contributed by atoms with E-state index in [1.165, 1.54) is 18.1 Å². The predicted molar refractivity (Wildman–Crippen MR) is 119 cm³/mol. The van der Waals surface area contributed by atoms with Gasteiger partial charge in [-0.3, -0.25) is 4.79 Å². The summed E-state index contributed by atoms with van der Waals surface area (Å²) in [5.41, 5.74) is 6.09. The van der Waals surface area contributed by atoms with Crippen molar-refractivity contribution in [1.82, 2.24) is 9.97 Å². The first-order valence-electron chi connectivity index (χ1n) is 9.86. The van der Waals surface area contributed by atoms with Crippen LogP contribution in [0.25, 0.3) is 0 Å². The van der Waals surface area contributed by atoms with Crippen LogP contribution >= 0.6 is 0 Å². The van der Waals surface area contributed by atoms with Crippen LogP contribution in [0.1, 0.15) is 37.6 Å². The highest BCUT2D eigenvalue weighted by Crippen LogP contribution is 2.26. The van der Waals surface area contributed by atoms with Crippen LogP contribution in [0.3, 0.4) is 0 Å². The first kappa shape index (κ1) is 20.3. The summed E-state index contributed by atoms with van der Waals surface area (Å²) in [5.74, 6) is 1.18. The molecule has 3 N–H and O–H groups in total. The number of aromatic nitrogens is 2. The van der Waals surface area contributed by atoms with Crippen LogP contribution in [0.4, 0.5) is 28.8 Å². The molecule has 0 saturated heterocycles. The molecule has 2 aromatic carbocycles. The highest BCUT2D eigenvalue weighted by Gasteiger charge is 2.10. The molecule has 0 radical (unpaired) electrons. The molecule has 29 heavy (non-hydrogen) atoms. The minimum Gasteiger partial charge on any atom is -0.340 e. The fourth-order valence-corrected chi connectivity index (χ4v) is 3.19. The van der Waals surface area contributed by atoms with Crippen LogP contribution in [0, 0.1) is 6.92 Å². The Hall–Kier alpha value is -3.41. The number of amides is 1. The lowest BCUT2D eigenvalue weighted by Crippen LogP contribution is -2.06. The van der Waals surface area contributed by atoms with E-state index in [0.29, 0.717) is 11.8 Å². The molecule has 0 aliphatic rings. The van der Waals surface area contributed by atoms with Crippen molar-refractivity contribution < 1.29 is 4.79 Å². The zero-order chi connectivity index (χ0) is 20.8. The van der Waals surface area contributed by atoms with Gasteiger partial charge in [0.05, 0.1) is 0 Å². The maximum Gasteiger partial charge on any atom is 0.229 e. The smallest absolute Gasteiger partial charge is 0.229 e. The number of nitrogens with zero attached hydrogens (tertiary/aromatic N) is 2. The first-order valence-corrected chi connectivity index (χ1v) is 9.86. The molecule has 1 aromatic heterocycles. The van der Waals surface area contributed by atoms with Gasteiger partial charge >= 0.3 is 0 Å². The van der Waals surface area contributed by atoms with Crippen molar-refractivity contribution >= 4 is 34.7 Å². The Morgan fingerprint density at radius 2 is 1.52 bits per heavy atom. The number of carbonyl (C=O) groups is 1. The molecule has 0 saturated carbocycles. The zero-order valence-electron chi connectivity index (χ0n) is 17.3. The lowest BCUT2D eigenvalue weighted by atomic mass is 10.0. The Bertz CT molecular complexity index is 976. The minimum absolute atomic E-state index is 0.0911. The molecule has 1 amide bonds. The van der Waals surface area contributed by atoms with Crippen molar-refractivity contribution in [3.05, 3.63) is 65.4 Å². The second kappa shape index (κ2) is 9.19. The number of benzene rings is 2. The number of para-hydroxylation sites is 1. The summed E-state index contributed by atoms with van der Waals surface area (Å²) in [4.78, 5) is 20.4. The third-order valence-electron chi connectivity index (χ3n) is 4.57. The predicted octanol–water partition coefficient (Wildman–Crippen LogP) is 5.36. The van der Waals surface area contributed by atoms with Crippen LogP contribution in [0.15, 0.2) is 48.5 Å². The number of aryl methyl sites for hydroxylation is 3. The molecule has 0 bridgehead atoms. The Labute approximate surface area is 171 Å². The molecule has 3 rings (SSSR count). The van der Waals surface area contributed by atoms with E-state index in [0.717, 1.165) is 35.6 Å². The summed E-state index contributed by atoms with van der Waals surface area (Å²) >= 11 is 0. The molecule has 150 valence electrons. The largest absolute Gasteiger partial charge is 0.340 e. The normalized spacial score (nSPS) is 10.5. The summed E-state index contributed by atoms with van der Waals surface area (Å²) < 4.78 is 0. The number of hydrogen-bond acceptors (Lipinski definition) is 5. The van der Waals surface area contributed by atoms with Gasteiger partial charge in [0.1, 0.15) is 5.82 Å². The van der Waals surface area contributed by atoms with Crippen LogP contribution in [0.2, 0.25) is 0 Å². The van der Waals surface area contributed by atoms with Crippen molar-refractivity contribution in [2.24, 2.45) is 0 Å². The topological polar surface area (TPSA) is 78.9 Å². The van der Waals surface area contributed by atoms with Gasteiger partial charge in [-0.25, -0.2) is 4.98 Å². The van der Waals surface area contributed by atoms with Gasteiger partial charge in [0, 0.05) is 35.7 Å². The van der Waals surface area contributed by atoms with Crippen molar-refractivity contribution in [2.45, 2.75) is 40.5 Å². The highest BCUT2D eigenvalue weighted by molar-refractivity contribution is 5.88. The maximum absolute atomic E-state index is 11.2. The third-order valence-corrected chi connectivity index (χ3v) is 4.57. The van der Waals surface area contributed by atoms with Gasteiger partial charge in [-0.15, -0.1) is 0 Å². The summed E-state index contributed by atoms with van der Waals surface area (Å²) in [6, 6.07) is 15.8. The summed E-state index contributed by atoms with van der Waals surface area (Å²) in [6.45, 7) is 7.73. The molecule has 0 unspecified atom stereocenters. The van der Waals surface area contributed by atoms with Crippen LogP contribution in [0.5, 0.6) is 0 Å². The van der Waals surface area contributed by atoms with Crippen molar-refractivity contribution in [2.75, 3.05) is 16.0 Å². The molecule has 0 aliphatic carbocycles. The van der Waals surface area contributed by atoms with Gasteiger partial charge in [0.15, 0.2) is 0 Å². The van der Waals surface area contributed by atoms with E-state index < -0.39 is 0 Å². The lowest BCUT2D eigenvalue weighted by molar-refractivity contribution is -0.114. The van der Waals surface area contributed by atoms with E-state index in [1.807, 2.05) is 37.3 Å². The molecule has 0 fully saturated rings. The Morgan fingerprint density at radius 1 is 0.897 bits per heavy atom. The van der Waals surface area contributed by atoms with Gasteiger partial charge < -0.3 is 16.0 Å². The zero-order valence-corrected chi connectivity index (χ0v) is 17.3. The summed E-state index contributed by atoms with van der Waals surface area (Å²) in [5, 5.41) is 9.50. The average molecular weight is 390 g/mol. The van der Waals surface area contributed by atoms with E-state index in [9.17, 15) is 4.79 Å². The van der Waals surface area contributed by atoms with Gasteiger partial charge in [-0.2, -0.15) is 4.98 Å². The van der Waals surface area contributed by atoms with Crippen LogP contribution < -0.4 is 16.0 Å². The molecule has 0 spiro atoms. The Morgan fingerprint density at radius 3 is 2.10 bits per heavy atom. The van der Waals surface area contributed by atoms with Gasteiger partial charge in [0.25, 0.3) is 0 Å². The van der Waals surface area contributed by atoms with Gasteiger partial charge in [0.2, 0.25) is 11.9 Å². The molecule has 3 aromatic rings. The number of nitrogens with one attached hydrogen (secondary N) is 3. The second-order valence-electron chi connectivity index (χ2n) is 6.89. The van der Waals surface area contributed by atoms with E-state index >= 15 is 0 Å². The Balaban J connectivity index is 1.83. The van der Waals surface area contributed by atoms with Crippen molar-refractivity contribution in [3.63, 3.8) is 0 Å². The standard InChI is InChI=1S/C23H27N5O/c1-5-17-8-7-9-18(6-2)22(17)28-23-24-15(3)14-21(27-23)26-20-12-10-19(11-13-20)25-16(4)29/h7-14H,5-6H2,1-4H3,(H,25,29)(H2,24,26,27,28). The van der Waals surface area contributed by atoms with E-state index in [-0.39, 0.29) is 5.91 Å². The van der Waals surface area contributed by atoms with Gasteiger partial charge in [-0.1, -0.05) is 32.0 Å². The number of anilines is 5. The van der Waals surface area contributed by atoms with Crippen molar-refractivity contribution in [3.8, 4) is 0 Å². The minimum atomic E-state index is -0.0911. The summed E-state index contributed by atoms with van der Waals surface area (Å²) in [7, 11) is 0. The molecular weight excluding hydrogens is 362 g/mol. The molecule has 6 heteroatoms. The van der Waals surface area contributed by atoms with Gasteiger partial charge in [-0.05, 0) is 55.2 Å². The maximum atomic E-state index is 11.2. The molecule has 0 aliphatic heterocycles. The lowest BCUT2D eigenvalue weighted by Gasteiger charge is -2.15. The van der Waals surface area contributed by atoms with E-state index in [2.05, 4.69) is 58.0 Å². The number of rotatable bonds is 7. The quantitative estimate of drug-likeness (QED) is 0.507. The molecule has 6 nitrogen and oxygen atoms in total. The monoisotopic (exact) mass is 389 g/mol. The van der Waals surface area contributed by atoms with Crippen LogP contribution in [-0.4, -0.2) is 15.9 Å². The third kappa shape index (κ3) is 5.31. The number of hydrogen-bond donors (Lipinski definition) is 3. The highest BCUT2D eigenvalue weighted by atomic mass is 16.1. The summed E-state index contributed by atoms with van der Waals surface area (Å²) in [6.07, 6.45) is 1.88. The molecular formula is C23H27N5O. The van der Waals surface area contributed by atoms with E-state index in [4.69, 9.17) is 0 Å². The van der Waals surface area contributed by atoms with E-state index in [1.54, 1.807) is 0 Å². The average Bonchev–Trinajstić information content (AvgIpc) is 2.69. The number of carbonyl (C=O) groups excluding carboxylic acids is 1. The fourth-order valence-electron chi connectivity index (χ4n) is 3.19. The first-order chi connectivity index (χ1) is 14.0. The fraction of sp³-hybridized carbons (Fsp3) is 0.261. The molecule has 1 heterocycles. The SMILES string of the molecule is CCc1cccc(CC)c1Nc1nc(C)cc(Nc2ccc(NC(C)=O)cc2)n1. The van der Waals surface area contributed by atoms with Crippen molar-refractivity contribution in [1.29, 1.82) is 0 Å². The molecule has 0 atom stereocenters.